The molecule has 0 atom stereocenters. The standard InChI is InChI=1S/C26H30N8OS/c1-30-12-13-33(20-30)15-17-34(16-14-32-11-10-27-19-32)22-6-4-21(5-7-22)28-29-26-31(2)24-9-8-23(35-3)18-25(24)36-26/h4-13,18-20H,14-17H2,1-3H3/q+2/p+1. The first-order chi connectivity index (χ1) is 17.6. The van der Waals surface area contributed by atoms with E-state index in [2.05, 4.69) is 75.4 Å². The number of imidazole rings is 2. The molecule has 5 rings (SSSR count). The molecule has 5 aromatic rings. The van der Waals surface area contributed by atoms with E-state index in [9.17, 15) is 0 Å². The molecule has 0 spiro atoms. The number of fused-ring (bicyclic) bond motifs is 1. The van der Waals surface area contributed by atoms with Gasteiger partial charge in [-0.1, -0.05) is 0 Å². The van der Waals surface area contributed by atoms with Gasteiger partial charge in [0.15, 0.2) is 0 Å². The molecular formula is C26H31N8OS+3. The van der Waals surface area contributed by atoms with Crippen LogP contribution in [0.15, 0.2) is 90.1 Å². The third-order valence-electron chi connectivity index (χ3n) is 6.16. The van der Waals surface area contributed by atoms with E-state index in [4.69, 9.17) is 4.74 Å². The number of hydrogen-bond acceptors (Lipinski definition) is 5. The topological polar surface area (TPSA) is 69.6 Å². The van der Waals surface area contributed by atoms with E-state index >= 15 is 0 Å². The molecule has 9 nitrogen and oxygen atoms in total. The van der Waals surface area contributed by atoms with Gasteiger partial charge in [-0.15, -0.1) is 0 Å². The molecule has 0 aliphatic heterocycles. The Kier molecular flexibility index (Phi) is 7.03. The van der Waals surface area contributed by atoms with E-state index in [1.54, 1.807) is 18.4 Å². The predicted molar refractivity (Wildman–Crippen MR) is 139 cm³/mol. The molecule has 1 N–H and O–H groups in total. The molecule has 0 aliphatic carbocycles. The van der Waals surface area contributed by atoms with Crippen molar-refractivity contribution in [3.8, 4) is 5.75 Å². The Morgan fingerprint density at radius 3 is 2.64 bits per heavy atom. The van der Waals surface area contributed by atoms with Gasteiger partial charge in [0.2, 0.25) is 12.7 Å². The Hall–Kier alpha value is -4.05. The maximum Gasteiger partial charge on any atom is 0.409 e. The van der Waals surface area contributed by atoms with Crippen LogP contribution < -0.4 is 23.3 Å². The second-order valence-electron chi connectivity index (χ2n) is 8.65. The lowest BCUT2D eigenvalue weighted by Crippen LogP contribution is -2.40. The number of azo groups is 1. The number of aromatic amines is 1. The molecule has 0 amide bonds. The molecule has 0 unspecified atom stereocenters. The monoisotopic (exact) mass is 503 g/mol. The molecule has 0 saturated heterocycles. The van der Waals surface area contributed by atoms with Crippen molar-refractivity contribution in [3.05, 3.63) is 79.9 Å². The second kappa shape index (κ2) is 10.7. The first kappa shape index (κ1) is 23.7. The van der Waals surface area contributed by atoms with Crippen LogP contribution in [0.4, 0.5) is 16.5 Å². The largest absolute Gasteiger partial charge is 0.497 e. The van der Waals surface area contributed by atoms with Crippen molar-refractivity contribution in [3.63, 3.8) is 0 Å². The fourth-order valence-electron chi connectivity index (χ4n) is 4.10. The average Bonchev–Trinajstić information content (AvgIpc) is 3.64. The molecule has 0 aliphatic rings. The maximum absolute atomic E-state index is 5.35. The Morgan fingerprint density at radius 1 is 1.06 bits per heavy atom. The number of aromatic nitrogens is 5. The third kappa shape index (κ3) is 5.44. The minimum absolute atomic E-state index is 0.825. The van der Waals surface area contributed by atoms with Crippen molar-refractivity contribution in [1.82, 2.24) is 9.55 Å². The zero-order chi connectivity index (χ0) is 24.9. The zero-order valence-electron chi connectivity index (χ0n) is 20.8. The minimum atomic E-state index is 0.825. The smallest absolute Gasteiger partial charge is 0.409 e. The van der Waals surface area contributed by atoms with Gasteiger partial charge in [0.1, 0.15) is 54.8 Å². The van der Waals surface area contributed by atoms with Gasteiger partial charge < -0.3 is 9.64 Å². The number of nitrogens with one attached hydrogen (secondary N) is 1. The first-order valence-electron chi connectivity index (χ1n) is 11.9. The summed E-state index contributed by atoms with van der Waals surface area (Å²) in [7, 11) is 5.73. The van der Waals surface area contributed by atoms with E-state index in [0.29, 0.717) is 0 Å². The Balaban J connectivity index is 1.30. The first-order valence-corrected chi connectivity index (χ1v) is 12.7. The fourth-order valence-corrected chi connectivity index (χ4v) is 5.10. The lowest BCUT2D eigenvalue weighted by Gasteiger charge is -2.23. The molecule has 0 fully saturated rings. The number of anilines is 1. The van der Waals surface area contributed by atoms with Crippen LogP contribution in [-0.2, 0) is 27.2 Å². The molecule has 184 valence electrons. The van der Waals surface area contributed by atoms with Crippen molar-refractivity contribution < 1.29 is 18.4 Å². The lowest BCUT2D eigenvalue weighted by molar-refractivity contribution is -0.693. The third-order valence-corrected chi connectivity index (χ3v) is 7.25. The quantitative estimate of drug-likeness (QED) is 0.234. The van der Waals surface area contributed by atoms with Gasteiger partial charge in [-0.05, 0) is 52.8 Å². The van der Waals surface area contributed by atoms with E-state index in [1.165, 1.54) is 5.69 Å². The molecular weight excluding hydrogens is 472 g/mol. The van der Waals surface area contributed by atoms with Gasteiger partial charge in [-0.3, -0.25) is 4.98 Å². The molecule has 3 aromatic heterocycles. The number of aryl methyl sites for hydroxylation is 2. The van der Waals surface area contributed by atoms with Crippen LogP contribution in [-0.4, -0.2) is 29.8 Å². The molecule has 10 heteroatoms. The fraction of sp³-hybridized carbons (Fsp3) is 0.269. The zero-order valence-corrected chi connectivity index (χ0v) is 21.6. The Labute approximate surface area is 214 Å². The highest BCUT2D eigenvalue weighted by molar-refractivity contribution is 7.21. The highest BCUT2D eigenvalue weighted by atomic mass is 32.1. The minimum Gasteiger partial charge on any atom is -0.497 e. The summed E-state index contributed by atoms with van der Waals surface area (Å²) >= 11 is 1.60. The van der Waals surface area contributed by atoms with Gasteiger partial charge in [0.25, 0.3) is 0 Å². The van der Waals surface area contributed by atoms with Crippen LogP contribution in [0.25, 0.3) is 10.2 Å². The van der Waals surface area contributed by atoms with Crippen molar-refractivity contribution in [2.24, 2.45) is 24.3 Å². The summed E-state index contributed by atoms with van der Waals surface area (Å²) < 4.78 is 14.9. The highest BCUT2D eigenvalue weighted by Crippen LogP contribution is 2.30. The Morgan fingerprint density at radius 2 is 1.92 bits per heavy atom. The lowest BCUT2D eigenvalue weighted by atomic mass is 10.2. The predicted octanol–water partition coefficient (Wildman–Crippen LogP) is 3.60. The molecule has 0 bridgehead atoms. The number of rotatable bonds is 10. The van der Waals surface area contributed by atoms with Gasteiger partial charge in [0, 0.05) is 11.8 Å². The van der Waals surface area contributed by atoms with Gasteiger partial charge in [0.05, 0.1) is 44.1 Å². The normalized spacial score (nSPS) is 11.5. The van der Waals surface area contributed by atoms with Gasteiger partial charge in [-0.2, -0.15) is 0 Å². The summed E-state index contributed by atoms with van der Waals surface area (Å²) in [4.78, 5) is 5.52. The number of ether oxygens (including phenoxy) is 1. The number of methoxy groups -OCH3 is 1. The summed E-state index contributed by atoms with van der Waals surface area (Å²) in [6.45, 7) is 3.62. The van der Waals surface area contributed by atoms with Gasteiger partial charge >= 0.3 is 5.13 Å². The number of benzene rings is 2. The summed E-state index contributed by atoms with van der Waals surface area (Å²) in [5.74, 6) is 0.841. The SMILES string of the molecule is COc1ccc2c(c1)sc(N=Nc1ccc(N(CCn3cc[n+](C)c3)CC[n+]3cc[nH]c3)cc1)[n+]2C. The number of H-pyrrole nitrogens is 1. The van der Waals surface area contributed by atoms with Crippen molar-refractivity contribution in [2.45, 2.75) is 13.1 Å². The summed E-state index contributed by atoms with van der Waals surface area (Å²) in [6.07, 6.45) is 12.2. The second-order valence-corrected chi connectivity index (χ2v) is 9.66. The highest BCUT2D eigenvalue weighted by Gasteiger charge is 2.17. The molecule has 3 heterocycles. The number of hydrogen-bond donors (Lipinski definition) is 1. The van der Waals surface area contributed by atoms with Gasteiger partial charge in [-0.25, -0.2) is 18.3 Å². The van der Waals surface area contributed by atoms with Crippen LogP contribution in [0.2, 0.25) is 0 Å². The Bertz CT molecular complexity index is 1450. The van der Waals surface area contributed by atoms with Crippen LogP contribution >= 0.6 is 11.3 Å². The summed E-state index contributed by atoms with van der Waals surface area (Å²) in [5, 5.41) is 9.88. The van der Waals surface area contributed by atoms with Crippen LogP contribution in [0.5, 0.6) is 5.75 Å². The molecule has 0 saturated carbocycles. The van der Waals surface area contributed by atoms with Crippen LogP contribution in [0, 0.1) is 0 Å². The molecule has 0 radical (unpaired) electrons. The molecule has 2 aromatic carbocycles. The van der Waals surface area contributed by atoms with Crippen molar-refractivity contribution >= 4 is 38.1 Å². The number of nitrogens with zero attached hydrogens (tertiary/aromatic N) is 7. The van der Waals surface area contributed by atoms with E-state index < -0.39 is 0 Å². The van der Waals surface area contributed by atoms with Crippen molar-refractivity contribution in [2.75, 3.05) is 25.1 Å². The maximum atomic E-state index is 5.35. The van der Waals surface area contributed by atoms with E-state index in [1.807, 2.05) is 57.0 Å². The van der Waals surface area contributed by atoms with Crippen molar-refractivity contribution in [1.29, 1.82) is 0 Å². The van der Waals surface area contributed by atoms with E-state index in [0.717, 1.165) is 53.0 Å². The van der Waals surface area contributed by atoms with E-state index in [-0.39, 0.29) is 0 Å². The summed E-state index contributed by atoms with van der Waals surface area (Å²) in [6, 6.07) is 14.4. The average molecular weight is 504 g/mol. The van der Waals surface area contributed by atoms with Crippen LogP contribution in [0.1, 0.15) is 0 Å². The molecule has 36 heavy (non-hydrogen) atoms. The number of thiazole rings is 1. The summed E-state index contributed by atoms with van der Waals surface area (Å²) in [5.41, 5.74) is 3.10. The van der Waals surface area contributed by atoms with Crippen LogP contribution in [0.3, 0.4) is 0 Å².